The van der Waals surface area contributed by atoms with Crippen molar-refractivity contribution in [2.24, 2.45) is 17.8 Å². The molecule has 1 saturated heterocycles. The molecule has 0 radical (unpaired) electrons. The second-order valence-corrected chi connectivity index (χ2v) is 9.27. The molecule has 6 rings (SSSR count). The SMILES string of the molecule is Cc1ccc(C(=O)N[C@H]2C3CC4CC2C[C@](O)(C4)C3)nc1N1CCNCC1. The summed E-state index contributed by atoms with van der Waals surface area (Å²) in [5.41, 5.74) is 1.17. The second kappa shape index (κ2) is 6.45. The summed E-state index contributed by atoms with van der Waals surface area (Å²) in [7, 11) is 0. The fourth-order valence-corrected chi connectivity index (χ4v) is 6.28. The van der Waals surface area contributed by atoms with Crippen LogP contribution in [0, 0.1) is 24.7 Å². The molecule has 1 aromatic rings. The van der Waals surface area contributed by atoms with E-state index in [-0.39, 0.29) is 11.9 Å². The van der Waals surface area contributed by atoms with Crippen molar-refractivity contribution in [1.82, 2.24) is 15.6 Å². The van der Waals surface area contributed by atoms with Crippen LogP contribution in [-0.2, 0) is 0 Å². The second-order valence-electron chi connectivity index (χ2n) is 9.27. The molecule has 3 N–H and O–H groups in total. The number of amides is 1. The number of piperazine rings is 1. The number of nitrogens with one attached hydrogen (secondary N) is 2. The van der Waals surface area contributed by atoms with Crippen LogP contribution >= 0.6 is 0 Å². The van der Waals surface area contributed by atoms with Crippen molar-refractivity contribution in [1.29, 1.82) is 0 Å². The van der Waals surface area contributed by atoms with E-state index in [9.17, 15) is 9.90 Å². The third-order valence-corrected chi connectivity index (χ3v) is 7.26. The van der Waals surface area contributed by atoms with Gasteiger partial charge >= 0.3 is 0 Å². The third kappa shape index (κ3) is 3.13. The van der Waals surface area contributed by atoms with Gasteiger partial charge in [0.2, 0.25) is 0 Å². The topological polar surface area (TPSA) is 77.5 Å². The highest BCUT2D eigenvalue weighted by Crippen LogP contribution is 2.55. The first-order valence-corrected chi connectivity index (χ1v) is 10.5. The average Bonchev–Trinajstić information content (AvgIpc) is 2.64. The number of pyridine rings is 1. The van der Waals surface area contributed by atoms with Gasteiger partial charge in [-0.1, -0.05) is 6.07 Å². The zero-order chi connectivity index (χ0) is 18.6. The van der Waals surface area contributed by atoms with Crippen LogP contribution in [0.1, 0.15) is 48.2 Å². The fourth-order valence-electron chi connectivity index (χ4n) is 6.28. The Balaban J connectivity index is 1.33. The van der Waals surface area contributed by atoms with Crippen molar-refractivity contribution in [3.8, 4) is 0 Å². The van der Waals surface area contributed by atoms with Crippen LogP contribution in [0.15, 0.2) is 12.1 Å². The van der Waals surface area contributed by atoms with Gasteiger partial charge in [-0.2, -0.15) is 0 Å². The van der Waals surface area contributed by atoms with Gasteiger partial charge in [0.25, 0.3) is 5.91 Å². The highest BCUT2D eigenvalue weighted by atomic mass is 16.3. The Morgan fingerprint density at radius 1 is 1.22 bits per heavy atom. The van der Waals surface area contributed by atoms with Gasteiger partial charge in [0, 0.05) is 32.2 Å². The Morgan fingerprint density at radius 3 is 2.59 bits per heavy atom. The Labute approximate surface area is 160 Å². The molecule has 0 aromatic carbocycles. The number of hydrogen-bond donors (Lipinski definition) is 3. The van der Waals surface area contributed by atoms with Crippen molar-refractivity contribution < 1.29 is 9.90 Å². The normalized spacial score (nSPS) is 37.5. The van der Waals surface area contributed by atoms with Crippen molar-refractivity contribution in [2.75, 3.05) is 31.1 Å². The number of aromatic nitrogens is 1. The van der Waals surface area contributed by atoms with Crippen LogP contribution in [0.25, 0.3) is 0 Å². The number of carbonyl (C=O) groups is 1. The molecule has 27 heavy (non-hydrogen) atoms. The molecule has 6 heteroatoms. The van der Waals surface area contributed by atoms with E-state index < -0.39 is 5.60 Å². The van der Waals surface area contributed by atoms with Crippen molar-refractivity contribution in [2.45, 2.75) is 50.7 Å². The maximum atomic E-state index is 13.0. The lowest BCUT2D eigenvalue weighted by molar-refractivity contribution is -0.136. The molecule has 0 spiro atoms. The van der Waals surface area contributed by atoms with Crippen LogP contribution < -0.4 is 15.5 Å². The average molecular weight is 370 g/mol. The minimum absolute atomic E-state index is 0.0594. The molecular formula is C21H30N4O2. The summed E-state index contributed by atoms with van der Waals surface area (Å²) >= 11 is 0. The Bertz CT molecular complexity index is 730. The monoisotopic (exact) mass is 370 g/mol. The predicted molar refractivity (Wildman–Crippen MR) is 104 cm³/mol. The highest BCUT2D eigenvalue weighted by Gasteiger charge is 2.55. The molecule has 1 amide bonds. The molecule has 1 aliphatic heterocycles. The number of aliphatic hydroxyl groups is 1. The van der Waals surface area contributed by atoms with Crippen LogP contribution in [0.4, 0.5) is 5.82 Å². The first-order chi connectivity index (χ1) is 13.0. The van der Waals surface area contributed by atoms with Gasteiger partial charge in [-0.05, 0) is 68.4 Å². The maximum absolute atomic E-state index is 13.0. The van der Waals surface area contributed by atoms with Gasteiger partial charge in [-0.15, -0.1) is 0 Å². The first kappa shape index (κ1) is 17.4. The van der Waals surface area contributed by atoms with Gasteiger partial charge < -0.3 is 20.6 Å². The smallest absolute Gasteiger partial charge is 0.270 e. The molecule has 146 valence electrons. The number of aryl methyl sites for hydroxylation is 1. The Hall–Kier alpha value is -1.66. The van der Waals surface area contributed by atoms with Gasteiger partial charge in [0.05, 0.1) is 5.60 Å². The van der Waals surface area contributed by atoms with Gasteiger partial charge in [-0.25, -0.2) is 4.98 Å². The highest BCUT2D eigenvalue weighted by molar-refractivity contribution is 5.93. The van der Waals surface area contributed by atoms with Crippen LogP contribution in [-0.4, -0.2) is 53.8 Å². The number of anilines is 1. The van der Waals surface area contributed by atoms with E-state index in [0.29, 0.717) is 23.4 Å². The molecule has 4 bridgehead atoms. The summed E-state index contributed by atoms with van der Waals surface area (Å²) in [6.45, 7) is 5.81. The van der Waals surface area contributed by atoms with E-state index in [2.05, 4.69) is 22.5 Å². The van der Waals surface area contributed by atoms with E-state index in [1.807, 2.05) is 12.1 Å². The zero-order valence-corrected chi connectivity index (χ0v) is 16.1. The zero-order valence-electron chi connectivity index (χ0n) is 16.1. The predicted octanol–water partition coefficient (Wildman–Crippen LogP) is 1.47. The number of hydrogen-bond acceptors (Lipinski definition) is 5. The number of nitrogens with zero attached hydrogens (tertiary/aromatic N) is 2. The fraction of sp³-hybridized carbons (Fsp3) is 0.714. The lowest BCUT2D eigenvalue weighted by atomic mass is 9.52. The molecule has 6 nitrogen and oxygen atoms in total. The van der Waals surface area contributed by atoms with Crippen molar-refractivity contribution >= 4 is 11.7 Å². The van der Waals surface area contributed by atoms with E-state index in [0.717, 1.165) is 69.7 Å². The summed E-state index contributed by atoms with van der Waals surface area (Å²) in [5, 5.41) is 17.4. The van der Waals surface area contributed by atoms with Crippen LogP contribution in [0.5, 0.6) is 0 Å². The first-order valence-electron chi connectivity index (χ1n) is 10.5. The van der Waals surface area contributed by atoms with E-state index >= 15 is 0 Å². The van der Waals surface area contributed by atoms with Gasteiger partial charge in [0.15, 0.2) is 0 Å². The van der Waals surface area contributed by atoms with Gasteiger partial charge in [-0.3, -0.25) is 4.79 Å². The minimum Gasteiger partial charge on any atom is -0.390 e. The lowest BCUT2D eigenvalue weighted by Gasteiger charge is -2.58. The van der Waals surface area contributed by atoms with Crippen molar-refractivity contribution in [3.05, 3.63) is 23.4 Å². The number of rotatable bonds is 3. The minimum atomic E-state index is -0.463. The Kier molecular flexibility index (Phi) is 4.17. The Morgan fingerprint density at radius 2 is 1.93 bits per heavy atom. The molecule has 5 fully saturated rings. The van der Waals surface area contributed by atoms with E-state index in [4.69, 9.17) is 4.98 Å². The molecule has 2 unspecified atom stereocenters. The summed E-state index contributed by atoms with van der Waals surface area (Å²) in [6, 6.07) is 4.05. The molecule has 1 aromatic heterocycles. The quantitative estimate of drug-likeness (QED) is 0.751. The van der Waals surface area contributed by atoms with E-state index in [1.165, 1.54) is 0 Å². The molecule has 4 aliphatic carbocycles. The summed E-state index contributed by atoms with van der Waals surface area (Å²) in [6.07, 6.45) is 4.96. The lowest BCUT2D eigenvalue weighted by Crippen LogP contribution is -2.61. The van der Waals surface area contributed by atoms with E-state index in [1.54, 1.807) is 0 Å². The molecule has 5 aliphatic rings. The van der Waals surface area contributed by atoms with Gasteiger partial charge in [0.1, 0.15) is 11.5 Å². The standard InChI is InChI=1S/C21H30N4O2/c1-13-2-3-17(23-19(13)25-6-4-22-5-7-25)20(26)24-18-15-8-14-9-16(18)12-21(27,10-14)11-15/h2-3,14-16,18,22,27H,4-12H2,1H3,(H,24,26)/t14?,15?,16?,18-,21-. The summed E-state index contributed by atoms with van der Waals surface area (Å²) in [5.74, 6) is 2.36. The summed E-state index contributed by atoms with van der Waals surface area (Å²) in [4.78, 5) is 20.0. The molecule has 2 heterocycles. The molecule has 4 saturated carbocycles. The maximum Gasteiger partial charge on any atom is 0.270 e. The number of carbonyl (C=O) groups excluding carboxylic acids is 1. The molecular weight excluding hydrogens is 340 g/mol. The van der Waals surface area contributed by atoms with Crippen LogP contribution in [0.3, 0.4) is 0 Å². The van der Waals surface area contributed by atoms with Crippen LogP contribution in [0.2, 0.25) is 0 Å². The molecule has 2 atom stereocenters. The summed E-state index contributed by atoms with van der Waals surface area (Å²) < 4.78 is 0. The third-order valence-electron chi connectivity index (χ3n) is 7.26. The largest absolute Gasteiger partial charge is 0.390 e. The van der Waals surface area contributed by atoms with Crippen molar-refractivity contribution in [3.63, 3.8) is 0 Å².